The van der Waals surface area contributed by atoms with Gasteiger partial charge < -0.3 is 9.67 Å². The Morgan fingerprint density at radius 2 is 2.20 bits per heavy atom. The van der Waals surface area contributed by atoms with E-state index in [1.54, 1.807) is 6.07 Å². The molecule has 0 unspecified atom stereocenters. The third kappa shape index (κ3) is 2.37. The fourth-order valence-electron chi connectivity index (χ4n) is 3.42. The number of fused-ring (bicyclic) bond motifs is 3. The Hall–Kier alpha value is -3.16. The van der Waals surface area contributed by atoms with Crippen molar-refractivity contribution >= 4 is 28.2 Å². The van der Waals surface area contributed by atoms with E-state index in [0.717, 1.165) is 52.8 Å². The van der Waals surface area contributed by atoms with Gasteiger partial charge in [-0.05, 0) is 37.5 Å². The smallest absolute Gasteiger partial charge is 0.347 e. The zero-order valence-corrected chi connectivity index (χ0v) is 13.9. The van der Waals surface area contributed by atoms with Crippen LogP contribution < -0.4 is 0 Å². The second kappa shape index (κ2) is 5.73. The molecule has 0 aliphatic carbocycles. The lowest BCUT2D eigenvalue weighted by Crippen LogP contribution is -2.16. The van der Waals surface area contributed by atoms with Crippen LogP contribution in [-0.2, 0) is 6.42 Å². The highest BCUT2D eigenvalue weighted by Gasteiger charge is 2.24. The molecule has 6 nitrogen and oxygen atoms in total. The van der Waals surface area contributed by atoms with Gasteiger partial charge in [0.1, 0.15) is 22.0 Å². The summed E-state index contributed by atoms with van der Waals surface area (Å²) in [6.45, 7) is 0. The van der Waals surface area contributed by atoms with Crippen LogP contribution in [-0.4, -0.2) is 20.6 Å². The predicted octanol–water partition coefficient (Wildman–Crippen LogP) is 3.74. The van der Waals surface area contributed by atoms with Crippen molar-refractivity contribution in [2.45, 2.75) is 25.3 Å². The number of nitrogens with zero attached hydrogens (tertiary/aromatic N) is 4. The minimum absolute atomic E-state index is 0.161. The van der Waals surface area contributed by atoms with Crippen LogP contribution in [0.25, 0.3) is 21.5 Å². The molecule has 1 aliphatic rings. The van der Waals surface area contributed by atoms with Gasteiger partial charge in [-0.1, -0.05) is 0 Å². The number of carbonyl (C=O) groups is 1. The number of hydrogen-bond acceptors (Lipinski definition) is 5. The van der Waals surface area contributed by atoms with Crippen LogP contribution in [0.3, 0.4) is 0 Å². The largest absolute Gasteiger partial charge is 0.477 e. The van der Waals surface area contributed by atoms with Gasteiger partial charge in [-0.2, -0.15) is 10.5 Å². The molecule has 1 aliphatic heterocycles. The number of carboxylic acid groups (broad SMARTS) is 1. The summed E-state index contributed by atoms with van der Waals surface area (Å²) in [7, 11) is 0. The number of hydrogen-bond donors (Lipinski definition) is 1. The van der Waals surface area contributed by atoms with Crippen LogP contribution in [0.1, 0.15) is 39.8 Å². The summed E-state index contributed by atoms with van der Waals surface area (Å²) in [5, 5.41) is 29.6. The van der Waals surface area contributed by atoms with E-state index in [0.29, 0.717) is 10.6 Å². The van der Waals surface area contributed by atoms with E-state index in [1.165, 1.54) is 6.20 Å². The maximum absolute atomic E-state index is 11.1. The highest BCUT2D eigenvalue weighted by molar-refractivity contribution is 7.16. The maximum atomic E-state index is 11.1. The van der Waals surface area contributed by atoms with E-state index in [-0.39, 0.29) is 10.9 Å². The van der Waals surface area contributed by atoms with Crippen molar-refractivity contribution in [1.29, 1.82) is 10.5 Å². The molecular formula is C18H12N4O2S. The fraction of sp³-hybridized carbons (Fsp3) is 0.222. The number of nitriles is 2. The van der Waals surface area contributed by atoms with Crippen molar-refractivity contribution in [2.75, 3.05) is 0 Å². The minimum atomic E-state index is -1.01. The average molecular weight is 348 g/mol. The summed E-state index contributed by atoms with van der Waals surface area (Å²) < 4.78 is 1.98. The molecule has 2 aromatic heterocycles. The van der Waals surface area contributed by atoms with Crippen LogP contribution in [0, 0.1) is 22.7 Å². The lowest BCUT2D eigenvalue weighted by molar-refractivity contribution is 0.0702. The van der Waals surface area contributed by atoms with Gasteiger partial charge in [-0.25, -0.2) is 9.78 Å². The summed E-state index contributed by atoms with van der Waals surface area (Å²) in [6, 6.07) is 9.96. The second-order valence-electron chi connectivity index (χ2n) is 5.95. The van der Waals surface area contributed by atoms with Crippen molar-refractivity contribution in [3.8, 4) is 22.7 Å². The third-order valence-corrected chi connectivity index (χ3v) is 5.50. The van der Waals surface area contributed by atoms with Crippen molar-refractivity contribution in [3.05, 3.63) is 40.5 Å². The molecule has 0 amide bonds. The van der Waals surface area contributed by atoms with Crippen molar-refractivity contribution < 1.29 is 9.90 Å². The lowest BCUT2D eigenvalue weighted by Gasteiger charge is -2.21. The molecule has 3 heterocycles. The van der Waals surface area contributed by atoms with Crippen molar-refractivity contribution in [1.82, 2.24) is 9.55 Å². The molecule has 7 heteroatoms. The van der Waals surface area contributed by atoms with E-state index >= 15 is 0 Å². The standard InChI is InChI=1S/C18H12N4O2S/c19-7-12-5-11(17-21-9-15(25-17)18(23)24)4-10-6-13-2-1-3-14(8-20)22(13)16(10)12/h4-6,9,14H,1-3H2,(H,23,24)/t14-/m1/s1. The molecule has 0 saturated carbocycles. The molecule has 1 aromatic carbocycles. The SMILES string of the molecule is N#Cc1cc(-c2ncc(C(=O)O)s2)cc2cc3n(c12)[C@@H](C#N)CCC3. The Morgan fingerprint density at radius 3 is 2.88 bits per heavy atom. The zero-order valence-electron chi connectivity index (χ0n) is 13.1. The van der Waals surface area contributed by atoms with E-state index in [2.05, 4.69) is 17.1 Å². The van der Waals surface area contributed by atoms with E-state index in [1.807, 2.05) is 16.7 Å². The zero-order chi connectivity index (χ0) is 17.6. The number of aromatic nitrogens is 2. The number of benzene rings is 1. The minimum Gasteiger partial charge on any atom is -0.477 e. The highest BCUT2D eigenvalue weighted by atomic mass is 32.1. The number of thiazole rings is 1. The van der Waals surface area contributed by atoms with Gasteiger partial charge in [-0.15, -0.1) is 11.3 Å². The van der Waals surface area contributed by atoms with Crippen LogP contribution in [0.2, 0.25) is 0 Å². The molecule has 0 bridgehead atoms. The molecule has 0 radical (unpaired) electrons. The Labute approximate surface area is 147 Å². The fourth-order valence-corrected chi connectivity index (χ4v) is 4.16. The van der Waals surface area contributed by atoms with Crippen molar-refractivity contribution in [3.63, 3.8) is 0 Å². The topological polar surface area (TPSA) is 103 Å². The summed E-state index contributed by atoms with van der Waals surface area (Å²) in [5.74, 6) is -1.01. The molecule has 0 saturated heterocycles. The van der Waals surface area contributed by atoms with Crippen LogP contribution in [0.15, 0.2) is 24.4 Å². The quantitative estimate of drug-likeness (QED) is 0.760. The summed E-state index contributed by atoms with van der Waals surface area (Å²) in [4.78, 5) is 15.4. The molecule has 3 aromatic rings. The maximum Gasteiger partial charge on any atom is 0.347 e. The van der Waals surface area contributed by atoms with Crippen LogP contribution in [0.5, 0.6) is 0 Å². The number of rotatable bonds is 2. The Balaban J connectivity index is 1.94. The third-order valence-electron chi connectivity index (χ3n) is 4.47. The van der Waals surface area contributed by atoms with Gasteiger partial charge >= 0.3 is 5.97 Å². The Morgan fingerprint density at radius 1 is 1.36 bits per heavy atom. The van der Waals surface area contributed by atoms with Gasteiger partial charge in [0.25, 0.3) is 0 Å². The summed E-state index contributed by atoms with van der Waals surface area (Å²) >= 11 is 1.08. The number of aromatic carboxylic acids is 1. The van der Waals surface area contributed by atoms with Crippen LogP contribution >= 0.6 is 11.3 Å². The van der Waals surface area contributed by atoms with Gasteiger partial charge in [0.05, 0.1) is 23.3 Å². The molecule has 0 spiro atoms. The van der Waals surface area contributed by atoms with Gasteiger partial charge in [0.15, 0.2) is 0 Å². The average Bonchev–Trinajstić information content (AvgIpc) is 3.25. The first-order chi connectivity index (χ1) is 12.1. The number of carboxylic acids is 1. The normalized spacial score (nSPS) is 16.2. The molecular weight excluding hydrogens is 336 g/mol. The van der Waals surface area contributed by atoms with Crippen molar-refractivity contribution in [2.24, 2.45) is 0 Å². The van der Waals surface area contributed by atoms with Crippen LogP contribution in [0.4, 0.5) is 0 Å². The highest BCUT2D eigenvalue weighted by Crippen LogP contribution is 2.36. The monoisotopic (exact) mass is 348 g/mol. The Kier molecular flexibility index (Phi) is 3.52. The molecule has 4 rings (SSSR count). The Bertz CT molecular complexity index is 1100. The molecule has 1 N–H and O–H groups in total. The van der Waals surface area contributed by atoms with E-state index < -0.39 is 5.97 Å². The summed E-state index contributed by atoms with van der Waals surface area (Å²) in [6.07, 6.45) is 3.95. The number of aryl methyl sites for hydroxylation is 1. The molecule has 25 heavy (non-hydrogen) atoms. The van der Waals surface area contributed by atoms with Gasteiger partial charge in [0.2, 0.25) is 0 Å². The molecule has 122 valence electrons. The van der Waals surface area contributed by atoms with Gasteiger partial charge in [-0.3, -0.25) is 0 Å². The predicted molar refractivity (Wildman–Crippen MR) is 92.3 cm³/mol. The van der Waals surface area contributed by atoms with E-state index in [9.17, 15) is 15.3 Å². The molecule has 1 atom stereocenters. The summed E-state index contributed by atoms with van der Waals surface area (Å²) in [5.41, 5.74) is 3.04. The second-order valence-corrected chi connectivity index (χ2v) is 6.98. The van der Waals surface area contributed by atoms with E-state index in [4.69, 9.17) is 5.11 Å². The lowest BCUT2D eigenvalue weighted by atomic mass is 10.0. The molecule has 0 fully saturated rings. The first-order valence-electron chi connectivity index (χ1n) is 7.79. The van der Waals surface area contributed by atoms with Gasteiger partial charge in [0, 0.05) is 16.6 Å². The first-order valence-corrected chi connectivity index (χ1v) is 8.61. The first kappa shape index (κ1) is 15.4.